The van der Waals surface area contributed by atoms with E-state index in [9.17, 15) is 0 Å². The Morgan fingerprint density at radius 1 is 1.50 bits per heavy atom. The molecule has 3 atom stereocenters. The van der Waals surface area contributed by atoms with Gasteiger partial charge < -0.3 is 10.1 Å². The minimum absolute atomic E-state index is 0.398. The minimum Gasteiger partial charge on any atom is -0.378 e. The van der Waals surface area contributed by atoms with Gasteiger partial charge >= 0.3 is 0 Å². The smallest absolute Gasteiger partial charge is 0.0900 e. The Labute approximate surface area is 114 Å². The van der Waals surface area contributed by atoms with Gasteiger partial charge in [0.15, 0.2) is 0 Å². The summed E-state index contributed by atoms with van der Waals surface area (Å²) in [7, 11) is 0. The number of aromatic nitrogens is 1. The van der Waals surface area contributed by atoms with Crippen LogP contribution in [0.5, 0.6) is 0 Å². The van der Waals surface area contributed by atoms with Gasteiger partial charge in [0.25, 0.3) is 0 Å². The van der Waals surface area contributed by atoms with Crippen LogP contribution in [0.25, 0.3) is 0 Å². The predicted molar refractivity (Wildman–Crippen MR) is 76.1 cm³/mol. The van der Waals surface area contributed by atoms with Crippen LogP contribution in [0.4, 0.5) is 0 Å². The molecule has 0 bridgehead atoms. The maximum absolute atomic E-state index is 5.73. The van der Waals surface area contributed by atoms with Gasteiger partial charge in [0.05, 0.1) is 16.8 Å². The van der Waals surface area contributed by atoms with Crippen LogP contribution in [0.2, 0.25) is 0 Å². The Bertz CT molecular complexity index is 391. The van der Waals surface area contributed by atoms with E-state index in [0.717, 1.165) is 24.6 Å². The van der Waals surface area contributed by atoms with Crippen molar-refractivity contribution >= 4 is 11.3 Å². The Hall–Kier alpha value is -0.450. The van der Waals surface area contributed by atoms with Crippen LogP contribution in [-0.2, 0) is 4.74 Å². The van der Waals surface area contributed by atoms with E-state index in [1.165, 1.54) is 17.0 Å². The number of thiazole rings is 1. The third-order valence-corrected chi connectivity index (χ3v) is 5.02. The quantitative estimate of drug-likeness (QED) is 0.890. The van der Waals surface area contributed by atoms with Crippen molar-refractivity contribution in [3.05, 3.63) is 15.6 Å². The van der Waals surface area contributed by atoms with Gasteiger partial charge in [-0.2, -0.15) is 0 Å². The highest BCUT2D eigenvalue weighted by Crippen LogP contribution is 2.26. The molecule has 2 rings (SSSR count). The van der Waals surface area contributed by atoms with E-state index in [0.29, 0.717) is 18.1 Å². The maximum Gasteiger partial charge on any atom is 0.0900 e. The lowest BCUT2D eigenvalue weighted by Gasteiger charge is -2.20. The van der Waals surface area contributed by atoms with E-state index in [4.69, 9.17) is 4.74 Å². The molecule has 0 amide bonds. The van der Waals surface area contributed by atoms with Crippen LogP contribution < -0.4 is 5.32 Å². The number of aryl methyl sites for hydroxylation is 2. The van der Waals surface area contributed by atoms with Gasteiger partial charge in [0.2, 0.25) is 0 Å². The zero-order chi connectivity index (χ0) is 13.1. The molecule has 1 aliphatic rings. The van der Waals surface area contributed by atoms with Crippen LogP contribution >= 0.6 is 11.3 Å². The molecule has 1 fully saturated rings. The Balaban J connectivity index is 1.88. The number of hydrogen-bond donors (Lipinski definition) is 1. The monoisotopic (exact) mass is 268 g/mol. The molecular weight excluding hydrogens is 244 g/mol. The summed E-state index contributed by atoms with van der Waals surface area (Å²) in [5, 5.41) is 4.81. The van der Waals surface area contributed by atoms with Crippen molar-refractivity contribution in [2.24, 2.45) is 5.92 Å². The van der Waals surface area contributed by atoms with E-state index < -0.39 is 0 Å². The van der Waals surface area contributed by atoms with Gasteiger partial charge in [-0.1, -0.05) is 6.92 Å². The van der Waals surface area contributed by atoms with E-state index in [2.05, 4.69) is 38.0 Å². The lowest BCUT2D eigenvalue weighted by molar-refractivity contribution is 0.0867. The van der Waals surface area contributed by atoms with Gasteiger partial charge in [0, 0.05) is 24.1 Å². The molecular formula is C14H24N2OS. The molecule has 3 nitrogen and oxygen atoms in total. The molecule has 3 unspecified atom stereocenters. The van der Waals surface area contributed by atoms with E-state index in [-0.39, 0.29) is 0 Å². The molecule has 1 aliphatic heterocycles. The molecule has 1 N–H and O–H groups in total. The van der Waals surface area contributed by atoms with Crippen LogP contribution in [0.3, 0.4) is 0 Å². The van der Waals surface area contributed by atoms with Gasteiger partial charge in [-0.25, -0.2) is 4.98 Å². The first kappa shape index (κ1) is 14.0. The highest BCUT2D eigenvalue weighted by atomic mass is 32.1. The fourth-order valence-electron chi connectivity index (χ4n) is 2.75. The van der Waals surface area contributed by atoms with Crippen molar-refractivity contribution in [2.45, 2.75) is 52.7 Å². The summed E-state index contributed by atoms with van der Waals surface area (Å²) in [6.07, 6.45) is 2.77. The van der Waals surface area contributed by atoms with E-state index in [1.807, 2.05) is 0 Å². The lowest BCUT2D eigenvalue weighted by atomic mass is 9.99. The molecule has 0 aliphatic carbocycles. The average molecular weight is 268 g/mol. The van der Waals surface area contributed by atoms with E-state index in [1.54, 1.807) is 11.3 Å². The summed E-state index contributed by atoms with van der Waals surface area (Å²) >= 11 is 1.81. The summed E-state index contributed by atoms with van der Waals surface area (Å²) in [4.78, 5) is 5.87. The van der Waals surface area contributed by atoms with Crippen molar-refractivity contribution in [3.63, 3.8) is 0 Å². The zero-order valence-corrected chi connectivity index (χ0v) is 12.6. The van der Waals surface area contributed by atoms with Crippen LogP contribution in [-0.4, -0.2) is 24.2 Å². The van der Waals surface area contributed by atoms with Crippen molar-refractivity contribution < 1.29 is 4.74 Å². The number of ether oxygens (including phenoxy) is 1. The molecule has 1 saturated heterocycles. The third-order valence-electron chi connectivity index (χ3n) is 3.77. The first-order valence-electron chi connectivity index (χ1n) is 6.90. The first-order valence-corrected chi connectivity index (χ1v) is 7.72. The fourth-order valence-corrected chi connectivity index (χ4v) is 3.70. The lowest BCUT2D eigenvalue weighted by Crippen LogP contribution is -2.30. The first-order chi connectivity index (χ1) is 8.61. The molecule has 0 saturated carbocycles. The SMILES string of the molecule is CCC1OCCC1CNC(C)c1sc(C)nc1C. The maximum atomic E-state index is 5.73. The Morgan fingerprint density at radius 2 is 2.28 bits per heavy atom. The number of nitrogens with zero attached hydrogens (tertiary/aromatic N) is 1. The topological polar surface area (TPSA) is 34.1 Å². The number of nitrogens with one attached hydrogen (secondary N) is 1. The second-order valence-electron chi connectivity index (χ2n) is 5.18. The molecule has 2 heterocycles. The molecule has 0 aromatic carbocycles. The second-order valence-corrected chi connectivity index (χ2v) is 6.41. The van der Waals surface area contributed by atoms with E-state index >= 15 is 0 Å². The summed E-state index contributed by atoms with van der Waals surface area (Å²) < 4.78 is 5.73. The highest BCUT2D eigenvalue weighted by Gasteiger charge is 2.27. The molecule has 4 heteroatoms. The molecule has 1 aromatic heterocycles. The largest absolute Gasteiger partial charge is 0.378 e. The van der Waals surface area contributed by atoms with Crippen molar-refractivity contribution in [1.29, 1.82) is 0 Å². The standard InChI is InChI=1S/C14H24N2OS/c1-5-13-12(6-7-17-13)8-15-9(2)14-10(3)16-11(4)18-14/h9,12-13,15H,5-8H2,1-4H3. The summed E-state index contributed by atoms with van der Waals surface area (Å²) in [5.74, 6) is 0.673. The number of hydrogen-bond acceptors (Lipinski definition) is 4. The molecule has 0 spiro atoms. The van der Waals surface area contributed by atoms with Crippen LogP contribution in [0, 0.1) is 19.8 Å². The average Bonchev–Trinajstić information content (AvgIpc) is 2.92. The molecule has 102 valence electrons. The van der Waals surface area contributed by atoms with Crippen LogP contribution in [0.1, 0.15) is 48.3 Å². The Kier molecular flexibility index (Phi) is 4.76. The van der Waals surface area contributed by atoms with Crippen LogP contribution in [0.15, 0.2) is 0 Å². The van der Waals surface area contributed by atoms with Gasteiger partial charge in [-0.3, -0.25) is 0 Å². The summed E-state index contributed by atoms with van der Waals surface area (Å²) in [6, 6.07) is 0.398. The van der Waals surface area contributed by atoms with Gasteiger partial charge in [0.1, 0.15) is 0 Å². The van der Waals surface area contributed by atoms with Crippen molar-refractivity contribution in [1.82, 2.24) is 10.3 Å². The van der Waals surface area contributed by atoms with Gasteiger partial charge in [-0.15, -0.1) is 11.3 Å². The molecule has 0 radical (unpaired) electrons. The van der Waals surface area contributed by atoms with Crippen molar-refractivity contribution in [2.75, 3.05) is 13.2 Å². The zero-order valence-electron chi connectivity index (χ0n) is 11.8. The van der Waals surface area contributed by atoms with Gasteiger partial charge in [-0.05, 0) is 39.5 Å². The van der Waals surface area contributed by atoms with Crippen molar-refractivity contribution in [3.8, 4) is 0 Å². The fraction of sp³-hybridized carbons (Fsp3) is 0.786. The summed E-state index contributed by atoms with van der Waals surface area (Å²) in [6.45, 7) is 10.6. The molecule has 1 aromatic rings. The summed E-state index contributed by atoms with van der Waals surface area (Å²) in [5.41, 5.74) is 1.17. The second kappa shape index (κ2) is 6.13. The minimum atomic E-state index is 0.398. The Morgan fingerprint density at radius 3 is 2.89 bits per heavy atom. The normalized spacial score (nSPS) is 25.6. The number of rotatable bonds is 5. The highest BCUT2D eigenvalue weighted by molar-refractivity contribution is 7.11. The predicted octanol–water partition coefficient (Wildman–Crippen LogP) is 3.23. The third kappa shape index (κ3) is 3.11. The molecule has 18 heavy (non-hydrogen) atoms.